The van der Waals surface area contributed by atoms with Gasteiger partial charge in [0.15, 0.2) is 0 Å². The molecule has 0 unspecified atom stereocenters. The molecule has 1 amide bonds. The van der Waals surface area contributed by atoms with Crippen LogP contribution in [0.5, 0.6) is 5.75 Å². The molecule has 0 spiro atoms. The molecule has 2 aromatic rings. The molecule has 2 aromatic carbocycles. The van der Waals surface area contributed by atoms with Crippen molar-refractivity contribution in [2.45, 2.75) is 124 Å². The van der Waals surface area contributed by atoms with Gasteiger partial charge in [-0.25, -0.2) is 0 Å². The molecule has 0 aromatic heterocycles. The predicted octanol–water partition coefficient (Wildman–Crippen LogP) is 10.7. The van der Waals surface area contributed by atoms with Crippen molar-refractivity contribution in [2.24, 2.45) is 0 Å². The predicted molar refractivity (Wildman–Crippen MR) is 178 cm³/mol. The minimum absolute atomic E-state index is 0.0884. The van der Waals surface area contributed by atoms with Gasteiger partial charge in [-0.15, -0.1) is 11.8 Å². The largest absolute Gasteiger partial charge is 0.491 e. The van der Waals surface area contributed by atoms with Crippen LogP contribution in [-0.4, -0.2) is 23.3 Å². The Bertz CT molecular complexity index is 1090. The van der Waals surface area contributed by atoms with E-state index in [1.807, 2.05) is 36.0 Å². The smallest absolute Gasteiger partial charge is 0.255 e. The number of hydrogen-bond acceptors (Lipinski definition) is 4. The average Bonchev–Trinajstić information content (AvgIpc) is 3.35. The van der Waals surface area contributed by atoms with Crippen LogP contribution in [0.3, 0.4) is 0 Å². The molecule has 1 heterocycles. The second-order valence-electron chi connectivity index (χ2n) is 12.6. The fourth-order valence-corrected chi connectivity index (χ4v) is 6.06. The number of rotatable bonds is 18. The van der Waals surface area contributed by atoms with Gasteiger partial charge in [0.25, 0.3) is 5.91 Å². The molecule has 1 aliphatic heterocycles. The fourth-order valence-electron chi connectivity index (χ4n) is 5.30. The summed E-state index contributed by atoms with van der Waals surface area (Å²) >= 11 is 1.86. The van der Waals surface area contributed by atoms with Crippen LogP contribution in [0.4, 0.5) is 5.69 Å². The summed E-state index contributed by atoms with van der Waals surface area (Å²) in [6.07, 6.45) is 18.1. The summed E-state index contributed by atoms with van der Waals surface area (Å²) in [5.74, 6) is 1.69. The Morgan fingerprint density at radius 3 is 2.05 bits per heavy atom. The Hall–Kier alpha value is -2.40. The van der Waals surface area contributed by atoms with Crippen molar-refractivity contribution in [3.05, 3.63) is 70.3 Å². The molecule has 1 N–H and O–H groups in total. The number of benzene rings is 2. The number of thioether (sulfide) groups is 1. The molecular weight excluding hydrogens is 524 g/mol. The third kappa shape index (κ3) is 11.8. The Morgan fingerprint density at radius 2 is 1.49 bits per heavy atom. The molecule has 41 heavy (non-hydrogen) atoms. The number of anilines is 1. The van der Waals surface area contributed by atoms with Crippen LogP contribution in [0.25, 0.3) is 0 Å². The summed E-state index contributed by atoms with van der Waals surface area (Å²) in [5, 5.41) is 3.15. The van der Waals surface area contributed by atoms with Gasteiger partial charge in [0.1, 0.15) is 5.75 Å². The van der Waals surface area contributed by atoms with Crippen LogP contribution in [0.1, 0.15) is 133 Å². The van der Waals surface area contributed by atoms with E-state index in [1.54, 1.807) is 0 Å². The quantitative estimate of drug-likeness (QED) is 0.179. The number of hydrogen-bond donors (Lipinski definition) is 1. The van der Waals surface area contributed by atoms with Crippen LogP contribution < -0.4 is 10.1 Å². The summed E-state index contributed by atoms with van der Waals surface area (Å²) < 4.78 is 6.40. The van der Waals surface area contributed by atoms with Crippen molar-refractivity contribution in [3.8, 4) is 5.75 Å². The van der Waals surface area contributed by atoms with Gasteiger partial charge in [0.05, 0.1) is 18.2 Å². The van der Waals surface area contributed by atoms with E-state index in [0.717, 1.165) is 35.8 Å². The maximum Gasteiger partial charge on any atom is 0.255 e. The molecular formula is C36H54N2O2S. The highest BCUT2D eigenvalue weighted by atomic mass is 32.2. The van der Waals surface area contributed by atoms with Crippen molar-refractivity contribution >= 4 is 23.4 Å². The number of nitrogens with zero attached hydrogens (tertiary/aromatic N) is 1. The minimum atomic E-state index is -0.106. The zero-order valence-electron chi connectivity index (χ0n) is 26.4. The fraction of sp³-hybridized carbons (Fsp3) is 0.583. The number of carbonyl (C=O) groups is 1. The van der Waals surface area contributed by atoms with Crippen molar-refractivity contribution in [1.82, 2.24) is 4.90 Å². The molecule has 0 saturated heterocycles. The lowest BCUT2D eigenvalue weighted by atomic mass is 9.86. The summed E-state index contributed by atoms with van der Waals surface area (Å²) in [4.78, 5) is 16.9. The maximum absolute atomic E-state index is 13.2. The van der Waals surface area contributed by atoms with E-state index in [9.17, 15) is 4.79 Å². The molecule has 1 aliphatic rings. The molecule has 0 atom stereocenters. The maximum atomic E-state index is 13.2. The van der Waals surface area contributed by atoms with Crippen molar-refractivity contribution in [2.75, 3.05) is 17.8 Å². The van der Waals surface area contributed by atoms with Crippen molar-refractivity contribution in [3.63, 3.8) is 0 Å². The summed E-state index contributed by atoms with van der Waals surface area (Å²) in [7, 11) is 0. The number of unbranched alkanes of at least 4 members (excludes halogenated alkanes) is 11. The first kappa shape index (κ1) is 33.1. The average molecular weight is 579 g/mol. The van der Waals surface area contributed by atoms with Crippen LogP contribution in [-0.2, 0) is 12.0 Å². The van der Waals surface area contributed by atoms with E-state index >= 15 is 0 Å². The first-order valence-electron chi connectivity index (χ1n) is 16.0. The highest BCUT2D eigenvalue weighted by molar-refractivity contribution is 8.03. The molecule has 226 valence electrons. The number of amides is 1. The van der Waals surface area contributed by atoms with E-state index < -0.39 is 0 Å². The first-order valence-corrected chi connectivity index (χ1v) is 17.0. The minimum Gasteiger partial charge on any atom is -0.491 e. The lowest BCUT2D eigenvalue weighted by Gasteiger charge is -2.25. The number of carbonyl (C=O) groups excluding carboxylic acids is 1. The standard InChI is InChI=1S/C36H54N2O2S/c1-6-7-8-9-10-11-12-13-14-15-16-17-25-40-34-32(36(3,4)5)19-18-20-33(34)37-35(39)31-23-21-30(22-24-31)27-38-26-29(2)41-28-38/h18-24,26H,6-17,25,27-28H2,1-5H3,(H,37,39). The van der Waals surface area contributed by atoms with E-state index in [0.29, 0.717) is 12.2 Å². The Morgan fingerprint density at radius 1 is 0.878 bits per heavy atom. The number of ether oxygens (including phenoxy) is 1. The van der Waals surface area contributed by atoms with Gasteiger partial charge >= 0.3 is 0 Å². The van der Waals surface area contributed by atoms with Crippen molar-refractivity contribution in [1.29, 1.82) is 0 Å². The SMILES string of the molecule is CCCCCCCCCCCCCCOc1c(NC(=O)c2ccc(CN3C=C(C)SC3)cc2)cccc1C(C)(C)C. The molecule has 0 bridgehead atoms. The lowest BCUT2D eigenvalue weighted by molar-refractivity contribution is 0.102. The summed E-state index contributed by atoms with van der Waals surface area (Å²) in [6, 6.07) is 14.0. The monoisotopic (exact) mass is 578 g/mol. The molecule has 0 aliphatic carbocycles. The summed E-state index contributed by atoms with van der Waals surface area (Å²) in [6.45, 7) is 12.5. The zero-order valence-corrected chi connectivity index (χ0v) is 27.2. The highest BCUT2D eigenvalue weighted by Gasteiger charge is 2.22. The van der Waals surface area contributed by atoms with Crippen LogP contribution in [0.2, 0.25) is 0 Å². The molecule has 0 fully saturated rings. The third-order valence-corrected chi connectivity index (χ3v) is 8.76. The van der Waals surface area contributed by atoms with Crippen LogP contribution >= 0.6 is 11.8 Å². The number of para-hydroxylation sites is 1. The molecule has 5 heteroatoms. The van der Waals surface area contributed by atoms with Gasteiger partial charge in [-0.3, -0.25) is 4.79 Å². The van der Waals surface area contributed by atoms with Gasteiger partial charge in [0, 0.05) is 23.9 Å². The van der Waals surface area contributed by atoms with Gasteiger partial charge in [-0.2, -0.15) is 0 Å². The lowest BCUT2D eigenvalue weighted by Crippen LogP contribution is -2.18. The van der Waals surface area contributed by atoms with E-state index in [1.165, 1.54) is 81.1 Å². The van der Waals surface area contributed by atoms with Gasteiger partial charge in [-0.1, -0.05) is 123 Å². The van der Waals surface area contributed by atoms with Crippen LogP contribution in [0, 0.1) is 0 Å². The normalized spacial score (nSPS) is 13.4. The van der Waals surface area contributed by atoms with Gasteiger partial charge in [0.2, 0.25) is 0 Å². The Balaban J connectivity index is 1.48. The van der Waals surface area contributed by atoms with Gasteiger partial charge in [-0.05, 0) is 47.4 Å². The summed E-state index contributed by atoms with van der Waals surface area (Å²) in [5.41, 5.74) is 3.64. The Labute approximate surface area is 254 Å². The molecule has 3 rings (SSSR count). The second-order valence-corrected chi connectivity index (χ2v) is 13.8. The zero-order chi connectivity index (χ0) is 29.5. The topological polar surface area (TPSA) is 41.6 Å². The van der Waals surface area contributed by atoms with Crippen LogP contribution in [0.15, 0.2) is 53.6 Å². The second kappa shape index (κ2) is 17.5. The van der Waals surface area contributed by atoms with Gasteiger partial charge < -0.3 is 15.0 Å². The third-order valence-electron chi connectivity index (χ3n) is 7.74. The van der Waals surface area contributed by atoms with E-state index in [2.05, 4.69) is 69.2 Å². The number of allylic oxidation sites excluding steroid dienone is 1. The Kier molecular flexibility index (Phi) is 14.2. The molecule has 4 nitrogen and oxygen atoms in total. The number of nitrogens with one attached hydrogen (secondary N) is 1. The molecule has 0 saturated carbocycles. The van der Waals surface area contributed by atoms with Crippen molar-refractivity contribution < 1.29 is 9.53 Å². The van der Waals surface area contributed by atoms with E-state index in [-0.39, 0.29) is 11.3 Å². The highest BCUT2D eigenvalue weighted by Crippen LogP contribution is 2.37. The first-order chi connectivity index (χ1) is 19.8. The molecule has 0 radical (unpaired) electrons. The van der Waals surface area contributed by atoms with E-state index in [4.69, 9.17) is 4.74 Å².